The number of dihydropyridines is 1. The number of amides is 2. The molecule has 0 aliphatic carbocycles. The normalized spacial score (nSPS) is 16.0. The molecule has 2 heterocycles. The fraction of sp³-hybridized carbons (Fsp3) is 0.261. The molecule has 1 atom stereocenters. The highest BCUT2D eigenvalue weighted by Gasteiger charge is 2.36. The van der Waals surface area contributed by atoms with Crippen molar-refractivity contribution in [2.75, 3.05) is 11.1 Å². The van der Waals surface area contributed by atoms with Crippen molar-refractivity contribution >= 4 is 29.3 Å². The maximum atomic E-state index is 13.5. The second-order valence-electron chi connectivity index (χ2n) is 7.14. The molecule has 8 heteroatoms. The smallest absolute Gasteiger partial charge is 0.254 e. The number of anilines is 1. The third kappa shape index (κ3) is 4.67. The van der Waals surface area contributed by atoms with E-state index in [1.807, 2.05) is 32.0 Å². The quantitative estimate of drug-likeness (QED) is 0.608. The summed E-state index contributed by atoms with van der Waals surface area (Å²) in [5.41, 5.74) is 9.30. The summed E-state index contributed by atoms with van der Waals surface area (Å²) in [5, 5.41) is 16.6. The van der Waals surface area contributed by atoms with Crippen LogP contribution in [0.25, 0.3) is 0 Å². The van der Waals surface area contributed by atoms with Crippen molar-refractivity contribution in [1.29, 1.82) is 5.26 Å². The first-order valence-corrected chi connectivity index (χ1v) is 10.8. The van der Waals surface area contributed by atoms with Crippen LogP contribution in [0.3, 0.4) is 0 Å². The van der Waals surface area contributed by atoms with Crippen LogP contribution >= 0.6 is 11.8 Å². The van der Waals surface area contributed by atoms with Crippen LogP contribution in [-0.4, -0.2) is 17.6 Å². The van der Waals surface area contributed by atoms with Crippen molar-refractivity contribution in [2.45, 2.75) is 33.1 Å². The van der Waals surface area contributed by atoms with E-state index in [2.05, 4.69) is 16.7 Å². The zero-order valence-electron chi connectivity index (χ0n) is 17.6. The van der Waals surface area contributed by atoms with Gasteiger partial charge in [0.2, 0.25) is 5.91 Å². The van der Waals surface area contributed by atoms with Crippen LogP contribution in [0.1, 0.15) is 36.7 Å². The lowest BCUT2D eigenvalue weighted by Crippen LogP contribution is -2.31. The molecule has 31 heavy (non-hydrogen) atoms. The number of nitrogens with two attached hydrogens (primary N) is 1. The van der Waals surface area contributed by atoms with Crippen LogP contribution in [0.5, 0.6) is 0 Å². The van der Waals surface area contributed by atoms with E-state index < -0.39 is 11.8 Å². The third-order valence-corrected chi connectivity index (χ3v) is 6.10. The van der Waals surface area contributed by atoms with Gasteiger partial charge in [0.25, 0.3) is 5.91 Å². The van der Waals surface area contributed by atoms with Crippen LogP contribution in [-0.2, 0) is 16.0 Å². The number of carbonyl (C=O) groups excluding carboxylic acids is 2. The van der Waals surface area contributed by atoms with E-state index in [4.69, 9.17) is 10.2 Å². The van der Waals surface area contributed by atoms with E-state index in [-0.39, 0.29) is 11.7 Å². The van der Waals surface area contributed by atoms with Gasteiger partial charge in [-0.1, -0.05) is 36.9 Å². The van der Waals surface area contributed by atoms with Gasteiger partial charge in [-0.05, 0) is 43.5 Å². The molecule has 0 fully saturated rings. The Kier molecular flexibility index (Phi) is 6.88. The summed E-state index contributed by atoms with van der Waals surface area (Å²) in [6.45, 7) is 5.74. The summed E-state index contributed by atoms with van der Waals surface area (Å²) in [4.78, 5) is 24.7. The molecular formula is C23H24N4O3S. The van der Waals surface area contributed by atoms with Crippen molar-refractivity contribution in [3.63, 3.8) is 0 Å². The number of nitriles is 1. The highest BCUT2D eigenvalue weighted by atomic mass is 32.2. The van der Waals surface area contributed by atoms with Crippen molar-refractivity contribution in [2.24, 2.45) is 5.73 Å². The Labute approximate surface area is 185 Å². The van der Waals surface area contributed by atoms with Gasteiger partial charge in [0.1, 0.15) is 5.76 Å². The van der Waals surface area contributed by atoms with Crippen molar-refractivity contribution < 1.29 is 14.0 Å². The number of allylic oxidation sites excluding steroid dienone is 2. The summed E-state index contributed by atoms with van der Waals surface area (Å²) >= 11 is 1.13. The van der Waals surface area contributed by atoms with Gasteiger partial charge >= 0.3 is 0 Å². The second kappa shape index (κ2) is 9.58. The number of primary amides is 1. The van der Waals surface area contributed by atoms with Crippen LogP contribution in [0.15, 0.2) is 62.9 Å². The van der Waals surface area contributed by atoms with E-state index in [1.54, 1.807) is 19.1 Å². The Morgan fingerprint density at radius 2 is 2.06 bits per heavy atom. The van der Waals surface area contributed by atoms with Gasteiger partial charge in [0.05, 0.1) is 40.2 Å². The minimum Gasteiger partial charge on any atom is -0.468 e. The fourth-order valence-corrected chi connectivity index (χ4v) is 4.42. The lowest BCUT2D eigenvalue weighted by molar-refractivity contribution is -0.115. The number of hydrogen-bond donors (Lipinski definition) is 3. The van der Waals surface area contributed by atoms with Crippen LogP contribution < -0.4 is 16.4 Å². The molecule has 0 bridgehead atoms. The van der Waals surface area contributed by atoms with Gasteiger partial charge in [-0.15, -0.1) is 0 Å². The van der Waals surface area contributed by atoms with E-state index in [9.17, 15) is 14.9 Å². The van der Waals surface area contributed by atoms with Crippen LogP contribution in [0, 0.1) is 18.3 Å². The molecule has 0 saturated heterocycles. The van der Waals surface area contributed by atoms with Gasteiger partial charge in [-0.2, -0.15) is 5.26 Å². The first-order chi connectivity index (χ1) is 14.9. The largest absolute Gasteiger partial charge is 0.468 e. The molecule has 1 aromatic heterocycles. The number of thioether (sulfide) groups is 1. The maximum absolute atomic E-state index is 13.5. The van der Waals surface area contributed by atoms with Gasteiger partial charge in [0, 0.05) is 11.4 Å². The predicted octanol–water partition coefficient (Wildman–Crippen LogP) is 3.70. The Hall–Kier alpha value is -3.44. The molecule has 1 aliphatic heterocycles. The van der Waals surface area contributed by atoms with E-state index >= 15 is 0 Å². The van der Waals surface area contributed by atoms with Gasteiger partial charge in [-0.3, -0.25) is 9.59 Å². The van der Waals surface area contributed by atoms with Gasteiger partial charge in [0.15, 0.2) is 0 Å². The second-order valence-corrected chi connectivity index (χ2v) is 8.12. The number of carbonyl (C=O) groups is 2. The lowest BCUT2D eigenvalue weighted by atomic mass is 9.85. The third-order valence-electron chi connectivity index (χ3n) is 5.06. The average molecular weight is 437 g/mol. The fourth-order valence-electron chi connectivity index (χ4n) is 3.59. The topological polar surface area (TPSA) is 121 Å². The van der Waals surface area contributed by atoms with E-state index in [0.29, 0.717) is 27.6 Å². The number of benzene rings is 1. The lowest BCUT2D eigenvalue weighted by Gasteiger charge is -2.28. The maximum Gasteiger partial charge on any atom is 0.254 e. The van der Waals surface area contributed by atoms with Crippen LogP contribution in [0.2, 0.25) is 0 Å². The molecule has 160 valence electrons. The zero-order chi connectivity index (χ0) is 22.5. The van der Waals surface area contributed by atoms with Crippen molar-refractivity contribution in [3.05, 3.63) is 75.4 Å². The Bertz CT molecular complexity index is 1110. The number of furan rings is 1. The first kappa shape index (κ1) is 22.2. The number of nitrogens with zero attached hydrogens (tertiary/aromatic N) is 1. The molecule has 0 spiro atoms. The molecule has 4 N–H and O–H groups in total. The highest BCUT2D eigenvalue weighted by Crippen LogP contribution is 2.41. The summed E-state index contributed by atoms with van der Waals surface area (Å²) < 4.78 is 5.60. The monoisotopic (exact) mass is 436 g/mol. The molecule has 2 aromatic rings. The Morgan fingerprint density at radius 3 is 2.68 bits per heavy atom. The Morgan fingerprint density at radius 1 is 1.29 bits per heavy atom. The van der Waals surface area contributed by atoms with Gasteiger partial charge in [-0.25, -0.2) is 0 Å². The molecule has 7 nitrogen and oxygen atoms in total. The summed E-state index contributed by atoms with van der Waals surface area (Å²) in [6.07, 6.45) is 2.27. The molecule has 0 saturated carbocycles. The average Bonchev–Trinajstić information content (AvgIpc) is 3.27. The van der Waals surface area contributed by atoms with Gasteiger partial charge < -0.3 is 20.8 Å². The minimum atomic E-state index is -0.703. The molecular weight excluding hydrogens is 412 g/mol. The van der Waals surface area contributed by atoms with E-state index in [0.717, 1.165) is 35.0 Å². The SMILES string of the molecule is CCc1cccc(C)c1NC(=O)C1=C(C)NC(SCC(N)=O)=C(C#N)[C@@H]1c1ccco1. The first-order valence-electron chi connectivity index (χ1n) is 9.83. The molecule has 2 amide bonds. The number of rotatable bonds is 7. The Balaban J connectivity index is 2.04. The van der Waals surface area contributed by atoms with Crippen molar-refractivity contribution in [3.8, 4) is 6.07 Å². The number of para-hydroxylation sites is 1. The molecule has 1 aromatic carbocycles. The highest BCUT2D eigenvalue weighted by molar-refractivity contribution is 8.03. The molecule has 1 aliphatic rings. The molecule has 0 unspecified atom stereocenters. The summed E-state index contributed by atoms with van der Waals surface area (Å²) in [7, 11) is 0. The number of nitrogens with one attached hydrogen (secondary N) is 2. The number of hydrogen-bond acceptors (Lipinski definition) is 6. The van der Waals surface area contributed by atoms with Crippen LogP contribution in [0.4, 0.5) is 5.69 Å². The molecule has 3 rings (SSSR count). The summed E-state index contributed by atoms with van der Waals surface area (Å²) in [6, 6.07) is 11.5. The van der Waals surface area contributed by atoms with E-state index in [1.165, 1.54) is 6.26 Å². The molecule has 0 radical (unpaired) electrons. The standard InChI is InChI=1S/C23H24N4O3S/c1-4-15-8-5-7-13(2)21(15)27-22(29)19-14(3)26-23(31-12-18(25)28)16(11-24)20(19)17-9-6-10-30-17/h5-10,20,26H,4,12H2,1-3H3,(H2,25,28)(H,27,29)/t20-/m1/s1. The number of aryl methyl sites for hydroxylation is 2. The predicted molar refractivity (Wildman–Crippen MR) is 121 cm³/mol. The zero-order valence-corrected chi connectivity index (χ0v) is 18.4. The van der Waals surface area contributed by atoms with Crippen molar-refractivity contribution in [1.82, 2.24) is 5.32 Å². The summed E-state index contributed by atoms with van der Waals surface area (Å²) in [5.74, 6) is -1.04. The minimum absolute atomic E-state index is 0.0102.